The number of hydrogen-bond acceptors (Lipinski definition) is 2. The van der Waals surface area contributed by atoms with Crippen LogP contribution in [0.15, 0.2) is 36.9 Å². The van der Waals surface area contributed by atoms with Crippen molar-refractivity contribution in [2.24, 2.45) is 5.41 Å². The van der Waals surface area contributed by atoms with Gasteiger partial charge in [0, 0.05) is 19.7 Å². The molecule has 0 unspecified atom stereocenters. The third kappa shape index (κ3) is 5.48. The van der Waals surface area contributed by atoms with Crippen molar-refractivity contribution in [2.45, 2.75) is 26.7 Å². The number of hydrogen-bond donors (Lipinski definition) is 2. The maximum atomic E-state index is 8.86. The molecule has 0 fully saturated rings. The van der Waals surface area contributed by atoms with Gasteiger partial charge >= 0.3 is 0 Å². The summed E-state index contributed by atoms with van der Waals surface area (Å²) in [6.45, 7) is 10.6. The van der Waals surface area contributed by atoms with E-state index in [0.717, 1.165) is 31.5 Å². The van der Waals surface area contributed by atoms with E-state index in [4.69, 9.17) is 5.11 Å². The first-order valence-electron chi connectivity index (χ1n) is 6.60. The average Bonchev–Trinajstić information content (AvgIpc) is 2.37. The summed E-state index contributed by atoms with van der Waals surface area (Å²) in [6, 6.07) is 10.3. The Labute approximate surface area is 111 Å². The van der Waals surface area contributed by atoms with Gasteiger partial charge in [-0.1, -0.05) is 50.8 Å². The molecule has 0 bridgehead atoms. The highest BCUT2D eigenvalue weighted by Crippen LogP contribution is 2.21. The van der Waals surface area contributed by atoms with Gasteiger partial charge in [0.25, 0.3) is 0 Å². The Morgan fingerprint density at radius 3 is 2.56 bits per heavy atom. The van der Waals surface area contributed by atoms with Gasteiger partial charge in [-0.05, 0) is 29.4 Å². The molecule has 0 aliphatic rings. The van der Waals surface area contributed by atoms with Crippen molar-refractivity contribution < 1.29 is 5.11 Å². The molecule has 0 saturated heterocycles. The van der Waals surface area contributed by atoms with Gasteiger partial charge in [-0.2, -0.15) is 0 Å². The third-order valence-corrected chi connectivity index (χ3v) is 3.14. The van der Waals surface area contributed by atoms with Gasteiger partial charge in [0.1, 0.15) is 0 Å². The lowest BCUT2D eigenvalue weighted by atomic mass is 9.88. The zero-order chi connectivity index (χ0) is 13.4. The molecule has 0 atom stereocenters. The monoisotopic (exact) mass is 247 g/mol. The fourth-order valence-electron chi connectivity index (χ4n) is 1.97. The molecule has 0 heterocycles. The van der Waals surface area contributed by atoms with Crippen LogP contribution in [0.1, 0.15) is 32.3 Å². The maximum absolute atomic E-state index is 8.86. The highest BCUT2D eigenvalue weighted by molar-refractivity contribution is 5.64. The first kappa shape index (κ1) is 14.9. The van der Waals surface area contributed by atoms with Crippen LogP contribution >= 0.6 is 0 Å². The molecule has 0 aromatic heterocycles. The van der Waals surface area contributed by atoms with Crippen molar-refractivity contribution in [1.82, 2.24) is 5.32 Å². The van der Waals surface area contributed by atoms with Crippen LogP contribution in [0.5, 0.6) is 0 Å². The summed E-state index contributed by atoms with van der Waals surface area (Å²) < 4.78 is 0. The highest BCUT2D eigenvalue weighted by Gasteiger charge is 2.16. The van der Waals surface area contributed by atoms with Gasteiger partial charge in [-0.25, -0.2) is 0 Å². The molecule has 1 rings (SSSR count). The molecule has 1 aromatic carbocycles. The van der Waals surface area contributed by atoms with E-state index in [9.17, 15) is 0 Å². The van der Waals surface area contributed by atoms with Crippen LogP contribution < -0.4 is 5.32 Å². The number of aliphatic hydroxyl groups excluding tert-OH is 1. The van der Waals surface area contributed by atoms with Crippen LogP contribution in [0.3, 0.4) is 0 Å². The van der Waals surface area contributed by atoms with Crippen molar-refractivity contribution in [2.75, 3.05) is 19.7 Å². The Balaban J connectivity index is 2.31. The van der Waals surface area contributed by atoms with E-state index < -0.39 is 0 Å². The molecule has 2 N–H and O–H groups in total. The molecule has 0 spiro atoms. The second-order valence-electron chi connectivity index (χ2n) is 5.56. The number of nitrogens with one attached hydrogen (secondary N) is 1. The van der Waals surface area contributed by atoms with Crippen LogP contribution in [0.2, 0.25) is 0 Å². The first-order valence-corrected chi connectivity index (χ1v) is 6.60. The summed E-state index contributed by atoms with van der Waals surface area (Å²) in [5.41, 5.74) is 2.53. The first-order chi connectivity index (χ1) is 8.55. The minimum Gasteiger partial charge on any atom is -0.396 e. The van der Waals surface area contributed by atoms with E-state index >= 15 is 0 Å². The molecule has 2 nitrogen and oxygen atoms in total. The van der Waals surface area contributed by atoms with Crippen LogP contribution in [0.25, 0.3) is 5.57 Å². The zero-order valence-corrected chi connectivity index (χ0v) is 11.6. The minimum atomic E-state index is 0.222. The summed E-state index contributed by atoms with van der Waals surface area (Å²) in [7, 11) is 0. The average molecular weight is 247 g/mol. The van der Waals surface area contributed by atoms with E-state index in [-0.39, 0.29) is 12.0 Å². The lowest BCUT2D eigenvalue weighted by Gasteiger charge is -2.25. The van der Waals surface area contributed by atoms with Crippen molar-refractivity contribution in [3.05, 3.63) is 42.5 Å². The van der Waals surface area contributed by atoms with Crippen LogP contribution in [-0.4, -0.2) is 24.8 Å². The van der Waals surface area contributed by atoms with Crippen LogP contribution in [0.4, 0.5) is 0 Å². The second-order valence-corrected chi connectivity index (χ2v) is 5.56. The summed E-state index contributed by atoms with van der Waals surface area (Å²) in [6.07, 6.45) is 1.91. The van der Waals surface area contributed by atoms with Crippen LogP contribution in [-0.2, 0) is 0 Å². The molecule has 2 heteroatoms. The lowest BCUT2D eigenvalue weighted by Crippen LogP contribution is -2.30. The number of benzene rings is 1. The molecule has 0 saturated carbocycles. The summed E-state index contributed by atoms with van der Waals surface area (Å²) in [4.78, 5) is 0. The Kier molecular flexibility index (Phi) is 6.10. The predicted octanol–water partition coefficient (Wildman–Crippen LogP) is 3.09. The Morgan fingerprint density at radius 2 is 1.94 bits per heavy atom. The van der Waals surface area contributed by atoms with Crippen molar-refractivity contribution in [3.63, 3.8) is 0 Å². The SMILES string of the molecule is C=C(CNCC(C)(C)CCCO)c1ccccc1. The van der Waals surface area contributed by atoms with Crippen LogP contribution in [0, 0.1) is 5.41 Å². The molecule has 0 amide bonds. The molecular weight excluding hydrogens is 222 g/mol. The smallest absolute Gasteiger partial charge is 0.0431 e. The normalized spacial score (nSPS) is 11.5. The van der Waals surface area contributed by atoms with Gasteiger partial charge in [-0.15, -0.1) is 0 Å². The van der Waals surface area contributed by atoms with Crippen molar-refractivity contribution in [1.29, 1.82) is 0 Å². The zero-order valence-electron chi connectivity index (χ0n) is 11.6. The van der Waals surface area contributed by atoms with Gasteiger partial charge in [-0.3, -0.25) is 0 Å². The molecule has 100 valence electrons. The number of aliphatic hydroxyl groups is 1. The van der Waals surface area contributed by atoms with E-state index in [2.05, 4.69) is 37.9 Å². The standard InChI is InChI=1S/C16H25NO/c1-14(15-8-5-4-6-9-15)12-17-13-16(2,3)10-7-11-18/h4-6,8-9,17-18H,1,7,10-13H2,2-3H3. The summed E-state index contributed by atoms with van der Waals surface area (Å²) in [5, 5.41) is 12.3. The van der Waals surface area contributed by atoms with Crippen molar-refractivity contribution in [3.8, 4) is 0 Å². The maximum Gasteiger partial charge on any atom is 0.0431 e. The van der Waals surface area contributed by atoms with Crippen molar-refractivity contribution >= 4 is 5.57 Å². The minimum absolute atomic E-state index is 0.222. The Bertz CT molecular complexity index is 357. The van der Waals surface area contributed by atoms with E-state index in [1.54, 1.807) is 0 Å². The highest BCUT2D eigenvalue weighted by atomic mass is 16.2. The second kappa shape index (κ2) is 7.34. The van der Waals surface area contributed by atoms with Gasteiger partial charge in [0.2, 0.25) is 0 Å². The summed E-state index contributed by atoms with van der Waals surface area (Å²) in [5.74, 6) is 0. The van der Waals surface area contributed by atoms with E-state index in [0.29, 0.717) is 0 Å². The predicted molar refractivity (Wildman–Crippen MR) is 78.4 cm³/mol. The molecule has 0 radical (unpaired) electrons. The third-order valence-electron chi connectivity index (χ3n) is 3.14. The lowest BCUT2D eigenvalue weighted by molar-refractivity contribution is 0.238. The topological polar surface area (TPSA) is 32.3 Å². The van der Waals surface area contributed by atoms with E-state index in [1.807, 2.05) is 18.2 Å². The van der Waals surface area contributed by atoms with Gasteiger partial charge < -0.3 is 10.4 Å². The largest absolute Gasteiger partial charge is 0.396 e. The van der Waals surface area contributed by atoms with E-state index in [1.165, 1.54) is 5.56 Å². The summed E-state index contributed by atoms with van der Waals surface area (Å²) >= 11 is 0. The van der Waals surface area contributed by atoms with Gasteiger partial charge in [0.05, 0.1) is 0 Å². The fourth-order valence-corrected chi connectivity index (χ4v) is 1.97. The number of rotatable bonds is 8. The molecule has 18 heavy (non-hydrogen) atoms. The molecule has 0 aliphatic carbocycles. The molecule has 1 aromatic rings. The molecular formula is C16H25NO. The fraction of sp³-hybridized carbons (Fsp3) is 0.500. The molecule has 0 aliphatic heterocycles. The Hall–Kier alpha value is -1.12. The van der Waals surface area contributed by atoms with Gasteiger partial charge in [0.15, 0.2) is 0 Å². The quantitative estimate of drug-likeness (QED) is 0.740. The Morgan fingerprint density at radius 1 is 1.28 bits per heavy atom.